The van der Waals surface area contributed by atoms with E-state index in [1.54, 1.807) is 37.3 Å². The van der Waals surface area contributed by atoms with Crippen LogP contribution >= 0.6 is 23.2 Å². The average molecular weight is 366 g/mol. The van der Waals surface area contributed by atoms with Gasteiger partial charge in [-0.2, -0.15) is 0 Å². The number of amides is 1. The van der Waals surface area contributed by atoms with E-state index in [1.807, 2.05) is 19.1 Å². The molecule has 1 unspecified atom stereocenters. The molecule has 2 rings (SSSR count). The normalized spacial score (nSPS) is 11.7. The van der Waals surface area contributed by atoms with Crippen molar-refractivity contribution in [2.24, 2.45) is 0 Å². The Balaban J connectivity index is 2.30. The van der Waals surface area contributed by atoms with E-state index in [4.69, 9.17) is 27.9 Å². The predicted octanol–water partition coefficient (Wildman–Crippen LogP) is 4.59. The largest absolute Gasteiger partial charge is 0.465 e. The molecule has 0 heterocycles. The number of hydrogen-bond donors (Lipinski definition) is 1. The lowest BCUT2D eigenvalue weighted by Crippen LogP contribution is -2.29. The molecule has 1 N–H and O–H groups in total. The molecule has 0 aliphatic heterocycles. The fraction of sp³-hybridized carbons (Fsp3) is 0.222. The summed E-state index contributed by atoms with van der Waals surface area (Å²) in [7, 11) is 0. The fourth-order valence-electron chi connectivity index (χ4n) is 2.22. The Morgan fingerprint density at radius 2 is 1.67 bits per heavy atom. The first-order valence-electron chi connectivity index (χ1n) is 7.41. The molecule has 0 fully saturated rings. The molecule has 0 saturated carbocycles. The minimum absolute atomic E-state index is 0.192. The van der Waals surface area contributed by atoms with Crippen molar-refractivity contribution in [3.63, 3.8) is 0 Å². The first-order valence-corrected chi connectivity index (χ1v) is 8.16. The highest BCUT2D eigenvalue weighted by Gasteiger charge is 2.30. The first kappa shape index (κ1) is 18.3. The second-order valence-electron chi connectivity index (χ2n) is 5.24. The maximum Gasteiger partial charge on any atom is 0.323 e. The SMILES string of the molecule is CCOC(=O)C(C(=O)Nc1cc(Cl)cc(Cl)c1)c1ccc(C)cc1. The predicted molar refractivity (Wildman–Crippen MR) is 95.6 cm³/mol. The highest BCUT2D eigenvalue weighted by Crippen LogP contribution is 2.25. The molecule has 24 heavy (non-hydrogen) atoms. The van der Waals surface area contributed by atoms with Crippen LogP contribution < -0.4 is 5.32 Å². The van der Waals surface area contributed by atoms with Gasteiger partial charge in [-0.3, -0.25) is 9.59 Å². The molecule has 2 aromatic rings. The van der Waals surface area contributed by atoms with Gasteiger partial charge in [-0.05, 0) is 37.6 Å². The minimum atomic E-state index is -1.07. The summed E-state index contributed by atoms with van der Waals surface area (Å²) in [4.78, 5) is 24.9. The van der Waals surface area contributed by atoms with Gasteiger partial charge in [0.05, 0.1) is 6.61 Å². The smallest absolute Gasteiger partial charge is 0.323 e. The van der Waals surface area contributed by atoms with Crippen molar-refractivity contribution in [3.05, 3.63) is 63.6 Å². The van der Waals surface area contributed by atoms with Gasteiger partial charge in [0.15, 0.2) is 5.92 Å². The van der Waals surface area contributed by atoms with E-state index in [-0.39, 0.29) is 6.61 Å². The summed E-state index contributed by atoms with van der Waals surface area (Å²) in [5.74, 6) is -2.18. The standard InChI is InChI=1S/C18H17Cl2NO3/c1-3-24-18(23)16(12-6-4-11(2)5-7-12)17(22)21-15-9-13(19)8-14(20)10-15/h4-10,16H,3H2,1-2H3,(H,21,22). The summed E-state index contributed by atoms with van der Waals surface area (Å²) in [6, 6.07) is 11.8. The van der Waals surface area contributed by atoms with Gasteiger partial charge in [0.25, 0.3) is 0 Å². The van der Waals surface area contributed by atoms with Crippen molar-refractivity contribution in [1.29, 1.82) is 0 Å². The molecular formula is C18H17Cl2NO3. The molecule has 0 spiro atoms. The highest BCUT2D eigenvalue weighted by atomic mass is 35.5. The monoisotopic (exact) mass is 365 g/mol. The fourth-order valence-corrected chi connectivity index (χ4v) is 2.75. The van der Waals surface area contributed by atoms with Crippen LogP contribution in [0.3, 0.4) is 0 Å². The van der Waals surface area contributed by atoms with Gasteiger partial charge in [0.2, 0.25) is 5.91 Å². The Labute approximate surface area is 150 Å². The van der Waals surface area contributed by atoms with E-state index in [1.165, 1.54) is 0 Å². The second-order valence-corrected chi connectivity index (χ2v) is 6.12. The molecule has 1 amide bonds. The molecular weight excluding hydrogens is 349 g/mol. The van der Waals surface area contributed by atoms with E-state index in [0.717, 1.165) is 5.56 Å². The molecule has 0 bridgehead atoms. The molecule has 0 aliphatic rings. The van der Waals surface area contributed by atoms with Gasteiger partial charge >= 0.3 is 5.97 Å². The Hall–Kier alpha value is -2.04. The number of rotatable bonds is 5. The summed E-state index contributed by atoms with van der Waals surface area (Å²) >= 11 is 11.9. The summed E-state index contributed by atoms with van der Waals surface area (Å²) < 4.78 is 5.04. The van der Waals surface area contributed by atoms with Crippen LogP contribution in [0.5, 0.6) is 0 Å². The van der Waals surface area contributed by atoms with E-state index in [2.05, 4.69) is 5.32 Å². The zero-order valence-corrected chi connectivity index (χ0v) is 14.8. The molecule has 0 aliphatic carbocycles. The number of ether oxygens (including phenoxy) is 1. The third kappa shape index (κ3) is 4.73. The van der Waals surface area contributed by atoms with Gasteiger partial charge in [0.1, 0.15) is 0 Å². The van der Waals surface area contributed by atoms with Gasteiger partial charge in [-0.15, -0.1) is 0 Å². The Kier molecular flexibility index (Phi) is 6.23. The summed E-state index contributed by atoms with van der Waals surface area (Å²) in [6.07, 6.45) is 0. The maximum atomic E-state index is 12.6. The van der Waals surface area contributed by atoms with Crippen molar-refractivity contribution in [3.8, 4) is 0 Å². The van der Waals surface area contributed by atoms with Crippen molar-refractivity contribution < 1.29 is 14.3 Å². The van der Waals surface area contributed by atoms with Crippen molar-refractivity contribution in [2.45, 2.75) is 19.8 Å². The van der Waals surface area contributed by atoms with Crippen LogP contribution in [-0.2, 0) is 14.3 Å². The lowest BCUT2D eigenvalue weighted by Gasteiger charge is -2.16. The number of halogens is 2. The summed E-state index contributed by atoms with van der Waals surface area (Å²) in [5.41, 5.74) is 2.01. The number of nitrogens with one attached hydrogen (secondary N) is 1. The molecule has 6 heteroatoms. The number of aryl methyl sites for hydroxylation is 1. The molecule has 0 saturated heterocycles. The molecule has 0 aromatic heterocycles. The molecule has 0 radical (unpaired) electrons. The van der Waals surface area contributed by atoms with E-state index >= 15 is 0 Å². The van der Waals surface area contributed by atoms with Crippen LogP contribution in [-0.4, -0.2) is 18.5 Å². The lowest BCUT2D eigenvalue weighted by atomic mass is 9.97. The number of hydrogen-bond acceptors (Lipinski definition) is 3. The Morgan fingerprint density at radius 1 is 1.08 bits per heavy atom. The van der Waals surface area contributed by atoms with Crippen LogP contribution in [0.15, 0.2) is 42.5 Å². The number of carbonyl (C=O) groups excluding carboxylic acids is 2. The van der Waals surface area contributed by atoms with Crippen molar-refractivity contribution >= 4 is 40.8 Å². The average Bonchev–Trinajstić information content (AvgIpc) is 2.48. The number of anilines is 1. The second kappa shape index (κ2) is 8.18. The minimum Gasteiger partial charge on any atom is -0.465 e. The molecule has 126 valence electrons. The zero-order valence-electron chi connectivity index (χ0n) is 13.3. The van der Waals surface area contributed by atoms with Crippen molar-refractivity contribution in [2.75, 3.05) is 11.9 Å². The first-order chi connectivity index (χ1) is 11.4. The van der Waals surface area contributed by atoms with Crippen LogP contribution in [0.25, 0.3) is 0 Å². The van der Waals surface area contributed by atoms with Crippen LogP contribution in [0.4, 0.5) is 5.69 Å². The zero-order chi connectivity index (χ0) is 17.7. The van der Waals surface area contributed by atoms with Gasteiger partial charge in [-0.25, -0.2) is 0 Å². The topological polar surface area (TPSA) is 55.4 Å². The summed E-state index contributed by atoms with van der Waals surface area (Å²) in [6.45, 7) is 3.81. The lowest BCUT2D eigenvalue weighted by molar-refractivity contribution is -0.147. The number of benzene rings is 2. The van der Waals surface area contributed by atoms with Crippen molar-refractivity contribution in [1.82, 2.24) is 0 Å². The van der Waals surface area contributed by atoms with E-state index in [9.17, 15) is 9.59 Å². The van der Waals surface area contributed by atoms with Gasteiger partial charge in [0, 0.05) is 15.7 Å². The van der Waals surface area contributed by atoms with Gasteiger partial charge < -0.3 is 10.1 Å². The third-order valence-corrected chi connectivity index (χ3v) is 3.76. The quantitative estimate of drug-likeness (QED) is 0.622. The van der Waals surface area contributed by atoms with E-state index < -0.39 is 17.8 Å². The van der Waals surface area contributed by atoms with E-state index in [0.29, 0.717) is 21.3 Å². The molecule has 4 nitrogen and oxygen atoms in total. The molecule has 2 aromatic carbocycles. The third-order valence-electron chi connectivity index (χ3n) is 3.33. The number of carbonyl (C=O) groups is 2. The Bertz CT molecular complexity index is 724. The Morgan fingerprint density at radius 3 is 2.21 bits per heavy atom. The van der Waals surface area contributed by atoms with Crippen LogP contribution in [0.1, 0.15) is 24.0 Å². The van der Waals surface area contributed by atoms with Crippen LogP contribution in [0.2, 0.25) is 10.0 Å². The number of esters is 1. The van der Waals surface area contributed by atoms with Gasteiger partial charge in [-0.1, -0.05) is 53.0 Å². The maximum absolute atomic E-state index is 12.6. The highest BCUT2D eigenvalue weighted by molar-refractivity contribution is 6.35. The van der Waals surface area contributed by atoms with Crippen LogP contribution in [0, 0.1) is 6.92 Å². The molecule has 1 atom stereocenters. The summed E-state index contributed by atoms with van der Waals surface area (Å²) in [5, 5.41) is 3.45.